The van der Waals surface area contributed by atoms with Crippen LogP contribution in [-0.4, -0.2) is 4.98 Å². The highest BCUT2D eigenvalue weighted by Gasteiger charge is 2.12. The third kappa shape index (κ3) is 0.888. The fraction of sp³-hybridized carbons (Fsp3) is 0.250. The van der Waals surface area contributed by atoms with E-state index in [0.717, 1.165) is 5.69 Å². The highest BCUT2D eigenvalue weighted by molar-refractivity contribution is 5.54. The minimum Gasteiger partial charge on any atom is -0.408 e. The molecule has 1 aliphatic carbocycles. The summed E-state index contributed by atoms with van der Waals surface area (Å²) in [6.45, 7) is 1.67. The predicted molar refractivity (Wildman–Crippen MR) is 40.2 cm³/mol. The van der Waals surface area contributed by atoms with E-state index in [1.54, 1.807) is 6.92 Å². The molecule has 0 aromatic carbocycles. The Bertz CT molecular complexity index is 376. The summed E-state index contributed by atoms with van der Waals surface area (Å²) in [7, 11) is 0. The van der Waals surface area contributed by atoms with Gasteiger partial charge in [0.1, 0.15) is 0 Å². The Labute approximate surface area is 63.4 Å². The van der Waals surface area contributed by atoms with Crippen molar-refractivity contribution in [1.29, 1.82) is 0 Å². The molecule has 11 heavy (non-hydrogen) atoms. The lowest BCUT2D eigenvalue weighted by Gasteiger charge is -1.95. The van der Waals surface area contributed by atoms with Crippen molar-refractivity contribution >= 4 is 6.08 Å². The van der Waals surface area contributed by atoms with E-state index in [1.807, 2.05) is 12.2 Å². The van der Waals surface area contributed by atoms with Gasteiger partial charge in [-0.1, -0.05) is 6.08 Å². The lowest BCUT2D eigenvalue weighted by Crippen LogP contribution is -2.09. The van der Waals surface area contributed by atoms with Crippen LogP contribution in [0.3, 0.4) is 0 Å². The maximum Gasteiger partial charge on any atom is 0.342 e. The van der Waals surface area contributed by atoms with Crippen LogP contribution in [-0.2, 0) is 6.42 Å². The number of hydrogen-bond acceptors (Lipinski definition) is 3. The number of aromatic nitrogens is 1. The van der Waals surface area contributed by atoms with Gasteiger partial charge in [-0.05, 0) is 6.08 Å². The summed E-state index contributed by atoms with van der Waals surface area (Å²) in [5, 5.41) is 0. The summed E-state index contributed by atoms with van der Waals surface area (Å²) in [5.74, 6) is 0.431. The summed E-state index contributed by atoms with van der Waals surface area (Å²) in [6.07, 6.45) is 4.41. The zero-order chi connectivity index (χ0) is 7.84. The largest absolute Gasteiger partial charge is 0.408 e. The van der Waals surface area contributed by atoms with E-state index in [1.165, 1.54) is 0 Å². The molecule has 0 amide bonds. The lowest BCUT2D eigenvalue weighted by atomic mass is 10.2. The molecule has 3 nitrogen and oxygen atoms in total. The number of fused-ring (bicyclic) bond motifs is 1. The molecule has 0 fully saturated rings. The number of allylic oxidation sites excluding steroid dienone is 1. The maximum absolute atomic E-state index is 11.1. The molecule has 0 N–H and O–H groups in total. The number of aryl methyl sites for hydroxylation is 1. The average molecular weight is 149 g/mol. The van der Waals surface area contributed by atoms with Gasteiger partial charge in [0.15, 0.2) is 5.89 Å². The fourth-order valence-electron chi connectivity index (χ4n) is 1.17. The summed E-state index contributed by atoms with van der Waals surface area (Å²) in [5.41, 5.74) is 1.19. The third-order valence-electron chi connectivity index (χ3n) is 1.67. The second-order valence-electron chi connectivity index (χ2n) is 2.49. The van der Waals surface area contributed by atoms with Crippen LogP contribution in [0.4, 0.5) is 0 Å². The molecule has 1 heterocycles. The monoisotopic (exact) mass is 149 g/mol. The summed E-state index contributed by atoms with van der Waals surface area (Å²) < 4.78 is 4.81. The van der Waals surface area contributed by atoms with Crippen molar-refractivity contribution in [2.75, 3.05) is 0 Å². The zero-order valence-corrected chi connectivity index (χ0v) is 6.13. The summed E-state index contributed by atoms with van der Waals surface area (Å²) in [6, 6.07) is 0. The minimum absolute atomic E-state index is 0.252. The fourth-order valence-corrected chi connectivity index (χ4v) is 1.17. The van der Waals surface area contributed by atoms with Crippen LogP contribution < -0.4 is 5.63 Å². The molecule has 0 aliphatic heterocycles. The molecule has 0 unspecified atom stereocenters. The molecule has 1 aromatic heterocycles. The molecule has 0 spiro atoms. The molecule has 0 bridgehead atoms. The molecule has 1 aliphatic rings. The standard InChI is InChI=1S/C8H7NO2/c1-5-9-7-4-2-3-6(7)8(10)11-5/h2,4H,3H2,1H3. The second kappa shape index (κ2) is 2.05. The molecule has 56 valence electrons. The number of hydrogen-bond donors (Lipinski definition) is 0. The molecule has 0 atom stereocenters. The molecule has 3 heteroatoms. The van der Waals surface area contributed by atoms with Gasteiger partial charge in [0.05, 0.1) is 11.3 Å². The smallest absolute Gasteiger partial charge is 0.342 e. The van der Waals surface area contributed by atoms with Gasteiger partial charge in [-0.25, -0.2) is 9.78 Å². The Morgan fingerprint density at radius 2 is 2.45 bits per heavy atom. The van der Waals surface area contributed by atoms with Gasteiger partial charge in [-0.2, -0.15) is 0 Å². The van der Waals surface area contributed by atoms with Crippen LogP contribution in [0.2, 0.25) is 0 Å². The van der Waals surface area contributed by atoms with Crippen molar-refractivity contribution < 1.29 is 4.42 Å². The first-order chi connectivity index (χ1) is 5.27. The maximum atomic E-state index is 11.1. The SMILES string of the molecule is Cc1nc2c(c(=O)o1)CC=C2. The zero-order valence-electron chi connectivity index (χ0n) is 6.13. The van der Waals surface area contributed by atoms with Crippen molar-refractivity contribution in [3.63, 3.8) is 0 Å². The first kappa shape index (κ1) is 6.34. The Balaban J connectivity index is 2.76. The van der Waals surface area contributed by atoms with Crippen LogP contribution in [0.15, 0.2) is 15.3 Å². The topological polar surface area (TPSA) is 43.1 Å². The normalized spacial score (nSPS) is 13.5. The molecule has 0 saturated heterocycles. The molecule has 0 saturated carbocycles. The predicted octanol–water partition coefficient (Wildman–Crippen LogP) is 0.913. The molecular weight excluding hydrogens is 142 g/mol. The summed E-state index contributed by atoms with van der Waals surface area (Å²) >= 11 is 0. The molecule has 1 aromatic rings. The van der Waals surface area contributed by atoms with E-state index in [2.05, 4.69) is 4.98 Å². The third-order valence-corrected chi connectivity index (χ3v) is 1.67. The average Bonchev–Trinajstić information content (AvgIpc) is 2.34. The van der Waals surface area contributed by atoms with Crippen LogP contribution in [0.5, 0.6) is 0 Å². The van der Waals surface area contributed by atoms with E-state index in [4.69, 9.17) is 4.42 Å². The van der Waals surface area contributed by atoms with Crippen LogP contribution in [0, 0.1) is 6.92 Å². The van der Waals surface area contributed by atoms with Crippen LogP contribution >= 0.6 is 0 Å². The van der Waals surface area contributed by atoms with E-state index in [-0.39, 0.29) is 5.63 Å². The van der Waals surface area contributed by atoms with Gasteiger partial charge >= 0.3 is 5.63 Å². The molecular formula is C8H7NO2. The number of rotatable bonds is 0. The van der Waals surface area contributed by atoms with Crippen LogP contribution in [0.1, 0.15) is 17.1 Å². The summed E-state index contributed by atoms with van der Waals surface area (Å²) in [4.78, 5) is 15.1. The Morgan fingerprint density at radius 3 is 3.27 bits per heavy atom. The Hall–Kier alpha value is -1.38. The van der Waals surface area contributed by atoms with Gasteiger partial charge in [0.25, 0.3) is 0 Å². The lowest BCUT2D eigenvalue weighted by molar-refractivity contribution is 0.450. The first-order valence-electron chi connectivity index (χ1n) is 3.44. The van der Waals surface area contributed by atoms with Gasteiger partial charge in [-0.3, -0.25) is 0 Å². The van der Waals surface area contributed by atoms with E-state index >= 15 is 0 Å². The van der Waals surface area contributed by atoms with Crippen molar-refractivity contribution in [3.05, 3.63) is 33.6 Å². The first-order valence-corrected chi connectivity index (χ1v) is 3.44. The molecule has 0 radical (unpaired) electrons. The van der Waals surface area contributed by atoms with E-state index in [0.29, 0.717) is 17.9 Å². The van der Waals surface area contributed by atoms with Gasteiger partial charge in [0, 0.05) is 13.3 Å². The van der Waals surface area contributed by atoms with Crippen molar-refractivity contribution in [2.24, 2.45) is 0 Å². The van der Waals surface area contributed by atoms with Crippen molar-refractivity contribution in [2.45, 2.75) is 13.3 Å². The van der Waals surface area contributed by atoms with Crippen LogP contribution in [0.25, 0.3) is 6.08 Å². The number of nitrogens with zero attached hydrogens (tertiary/aromatic N) is 1. The molecule has 2 rings (SSSR count). The Kier molecular flexibility index (Phi) is 1.18. The van der Waals surface area contributed by atoms with Gasteiger partial charge < -0.3 is 4.42 Å². The van der Waals surface area contributed by atoms with Crippen molar-refractivity contribution in [3.8, 4) is 0 Å². The highest BCUT2D eigenvalue weighted by Crippen LogP contribution is 2.12. The second-order valence-corrected chi connectivity index (χ2v) is 2.49. The van der Waals surface area contributed by atoms with E-state index in [9.17, 15) is 4.79 Å². The van der Waals surface area contributed by atoms with Crippen molar-refractivity contribution in [1.82, 2.24) is 4.98 Å². The highest BCUT2D eigenvalue weighted by atomic mass is 16.4. The van der Waals surface area contributed by atoms with Gasteiger partial charge in [0.2, 0.25) is 0 Å². The van der Waals surface area contributed by atoms with Gasteiger partial charge in [-0.15, -0.1) is 0 Å². The van der Waals surface area contributed by atoms with E-state index < -0.39 is 0 Å². The minimum atomic E-state index is -0.252. The Morgan fingerprint density at radius 1 is 1.64 bits per heavy atom. The quantitative estimate of drug-likeness (QED) is 0.550.